The lowest BCUT2D eigenvalue weighted by Gasteiger charge is -2.14. The summed E-state index contributed by atoms with van der Waals surface area (Å²) < 4.78 is 4.46. The minimum Gasteiger partial charge on any atom is -0.468 e. The number of unbranched alkanes of at least 4 members (excludes halogenated alkanes) is 1. The Hall–Kier alpha value is -0.920. The topological polar surface area (TPSA) is 102 Å². The fourth-order valence-electron chi connectivity index (χ4n) is 1.01. The number of rotatable bonds is 6. The van der Waals surface area contributed by atoms with Crippen molar-refractivity contribution in [3.05, 3.63) is 0 Å². The molecule has 6 nitrogen and oxygen atoms in total. The Balaban J connectivity index is 3.54. The van der Waals surface area contributed by atoms with Crippen molar-refractivity contribution in [2.24, 2.45) is 11.5 Å². The van der Waals surface area contributed by atoms with E-state index in [0.29, 0.717) is 25.8 Å². The second-order valence-corrected chi connectivity index (χ2v) is 3.51. The summed E-state index contributed by atoms with van der Waals surface area (Å²) in [6.45, 7) is 0.337. The Kier molecular flexibility index (Phi) is 6.93. The average Bonchev–Trinajstić information content (AvgIpc) is 2.22. The summed E-state index contributed by atoms with van der Waals surface area (Å²) in [5.41, 5.74) is 10.7. The average molecular weight is 235 g/mol. The van der Waals surface area contributed by atoms with Crippen LogP contribution in [0, 0.1) is 0 Å². The zero-order valence-corrected chi connectivity index (χ0v) is 9.50. The van der Waals surface area contributed by atoms with Crippen LogP contribution >= 0.6 is 12.2 Å². The van der Waals surface area contributed by atoms with E-state index in [1.54, 1.807) is 0 Å². The maximum atomic E-state index is 10.9. The Morgan fingerprint density at radius 3 is 2.67 bits per heavy atom. The van der Waals surface area contributed by atoms with Crippen molar-refractivity contribution in [2.45, 2.75) is 25.3 Å². The number of carbonyl (C=O) groups excluding carboxylic acids is 1. The van der Waals surface area contributed by atoms with Crippen LogP contribution in [0.2, 0.25) is 0 Å². The molecule has 7 heteroatoms. The van der Waals surface area contributed by atoms with E-state index in [1.807, 2.05) is 0 Å². The Bertz CT molecular complexity index is 225. The van der Waals surface area contributed by atoms with Crippen LogP contribution in [0.3, 0.4) is 0 Å². The highest BCUT2D eigenvalue weighted by molar-refractivity contribution is 7.80. The summed E-state index contributed by atoms with van der Waals surface area (Å²) >= 11 is 4.53. The van der Waals surface area contributed by atoms with Gasteiger partial charge in [0.2, 0.25) is 0 Å². The molecule has 0 aliphatic heterocycles. The highest BCUT2D eigenvalue weighted by Crippen LogP contribution is 2.01. The first-order valence-corrected chi connectivity index (χ1v) is 4.99. The summed E-state index contributed by atoms with van der Waals surface area (Å²) in [4.78, 5) is 10.9. The predicted octanol–water partition coefficient (Wildman–Crippen LogP) is -0.408. The first-order chi connectivity index (χ1) is 6.99. The molecule has 0 heterocycles. The zero-order chi connectivity index (χ0) is 11.8. The van der Waals surface area contributed by atoms with Gasteiger partial charge in [0.1, 0.15) is 6.04 Å². The zero-order valence-electron chi connectivity index (χ0n) is 8.68. The molecule has 0 saturated heterocycles. The number of nitrogens with two attached hydrogens (primary N) is 2. The van der Waals surface area contributed by atoms with Crippen LogP contribution in [0.25, 0.3) is 0 Å². The smallest absolute Gasteiger partial charge is 0.322 e. The summed E-state index contributed by atoms with van der Waals surface area (Å²) in [6.07, 6.45) is 1.85. The molecule has 0 spiro atoms. The van der Waals surface area contributed by atoms with Gasteiger partial charge in [0, 0.05) is 6.54 Å². The number of ether oxygens (including phenoxy) is 1. The minimum absolute atomic E-state index is 0.0627. The highest BCUT2D eigenvalue weighted by atomic mass is 32.1. The second-order valence-electron chi connectivity index (χ2n) is 3.09. The van der Waals surface area contributed by atoms with Crippen LogP contribution in [0.1, 0.15) is 19.3 Å². The molecule has 1 atom stereocenters. The Morgan fingerprint density at radius 2 is 2.20 bits per heavy atom. The van der Waals surface area contributed by atoms with E-state index in [1.165, 1.54) is 7.11 Å². The van der Waals surface area contributed by atoms with Gasteiger partial charge in [-0.2, -0.15) is 0 Å². The molecule has 0 aliphatic rings. The SMILES string of the molecule is COC(=O)[C@@H](N)CCCCN(O)C(N)=S. The largest absolute Gasteiger partial charge is 0.468 e. The van der Waals surface area contributed by atoms with Crippen molar-refractivity contribution in [3.63, 3.8) is 0 Å². The molecule has 0 bridgehead atoms. The van der Waals surface area contributed by atoms with Crippen LogP contribution in [0.15, 0.2) is 0 Å². The molecule has 0 radical (unpaired) electrons. The molecule has 0 aliphatic carbocycles. The third-order valence-electron chi connectivity index (χ3n) is 1.89. The number of hydrogen-bond acceptors (Lipinski definition) is 5. The van der Waals surface area contributed by atoms with E-state index in [2.05, 4.69) is 17.0 Å². The number of carbonyl (C=O) groups is 1. The lowest BCUT2D eigenvalue weighted by atomic mass is 10.1. The van der Waals surface area contributed by atoms with Crippen molar-refractivity contribution in [3.8, 4) is 0 Å². The first-order valence-electron chi connectivity index (χ1n) is 4.58. The van der Waals surface area contributed by atoms with E-state index < -0.39 is 12.0 Å². The number of thiocarbonyl (C=S) groups is 1. The van der Waals surface area contributed by atoms with Gasteiger partial charge in [0.05, 0.1) is 7.11 Å². The van der Waals surface area contributed by atoms with Crippen molar-refractivity contribution in [1.82, 2.24) is 5.06 Å². The molecule has 0 fully saturated rings. The summed E-state index contributed by atoms with van der Waals surface area (Å²) in [5.74, 6) is -0.426. The van der Waals surface area contributed by atoms with Gasteiger partial charge in [-0.1, -0.05) is 0 Å². The van der Waals surface area contributed by atoms with Crippen LogP contribution in [-0.4, -0.2) is 41.0 Å². The fourth-order valence-corrected chi connectivity index (χ4v) is 1.10. The van der Waals surface area contributed by atoms with Crippen LogP contribution in [0.5, 0.6) is 0 Å². The molecule has 0 aromatic heterocycles. The van der Waals surface area contributed by atoms with Crippen LogP contribution < -0.4 is 11.5 Å². The molecule has 0 saturated carbocycles. The predicted molar refractivity (Wildman–Crippen MR) is 59.1 cm³/mol. The third kappa shape index (κ3) is 6.21. The molecule has 0 rings (SSSR count). The van der Waals surface area contributed by atoms with Crippen molar-refractivity contribution in [2.75, 3.05) is 13.7 Å². The van der Waals surface area contributed by atoms with Crippen molar-refractivity contribution >= 4 is 23.3 Å². The van der Waals surface area contributed by atoms with E-state index >= 15 is 0 Å². The standard InChI is InChI=1S/C8H17N3O3S/c1-14-7(12)6(9)4-2-3-5-11(13)8(10)15/h6,13H,2-5,9H2,1H3,(H2,10,15)/t6-/m0/s1. The molecule has 0 aromatic rings. The summed E-state index contributed by atoms with van der Waals surface area (Å²) in [6, 6.07) is -0.605. The van der Waals surface area contributed by atoms with E-state index in [-0.39, 0.29) is 5.11 Å². The molecule has 0 amide bonds. The number of hydroxylamine groups is 2. The quantitative estimate of drug-likeness (QED) is 0.249. The molecule has 0 unspecified atom stereocenters. The van der Waals surface area contributed by atoms with Gasteiger partial charge in [-0.15, -0.1) is 0 Å². The summed E-state index contributed by atoms with van der Waals surface area (Å²) in [5, 5.41) is 9.82. The third-order valence-corrected chi connectivity index (χ3v) is 2.10. The van der Waals surface area contributed by atoms with Crippen LogP contribution in [-0.2, 0) is 9.53 Å². The molecule has 15 heavy (non-hydrogen) atoms. The molecule has 5 N–H and O–H groups in total. The van der Waals surface area contributed by atoms with Gasteiger partial charge in [-0.25, -0.2) is 5.06 Å². The monoisotopic (exact) mass is 235 g/mol. The molecule has 88 valence electrons. The highest BCUT2D eigenvalue weighted by Gasteiger charge is 2.12. The Labute approximate surface area is 94.1 Å². The minimum atomic E-state index is -0.605. The number of methoxy groups -OCH3 is 1. The normalized spacial score (nSPS) is 11.9. The lowest BCUT2D eigenvalue weighted by molar-refractivity contribution is -0.142. The maximum Gasteiger partial charge on any atom is 0.322 e. The van der Waals surface area contributed by atoms with Crippen LogP contribution in [0.4, 0.5) is 0 Å². The van der Waals surface area contributed by atoms with Gasteiger partial charge >= 0.3 is 5.97 Å². The maximum absolute atomic E-state index is 10.9. The van der Waals surface area contributed by atoms with Gasteiger partial charge in [0.15, 0.2) is 5.11 Å². The molecular formula is C8H17N3O3S. The van der Waals surface area contributed by atoms with Gasteiger partial charge in [-0.05, 0) is 31.5 Å². The van der Waals surface area contributed by atoms with Crippen molar-refractivity contribution in [1.29, 1.82) is 0 Å². The number of esters is 1. The van der Waals surface area contributed by atoms with E-state index in [4.69, 9.17) is 16.7 Å². The van der Waals surface area contributed by atoms with E-state index in [9.17, 15) is 4.79 Å². The second kappa shape index (κ2) is 7.38. The van der Waals surface area contributed by atoms with Crippen molar-refractivity contribution < 1.29 is 14.7 Å². The van der Waals surface area contributed by atoms with Gasteiger partial charge in [-0.3, -0.25) is 10.0 Å². The molecular weight excluding hydrogens is 218 g/mol. The lowest BCUT2D eigenvalue weighted by Crippen LogP contribution is -2.34. The number of hydrogen-bond donors (Lipinski definition) is 3. The van der Waals surface area contributed by atoms with Gasteiger partial charge < -0.3 is 16.2 Å². The molecule has 0 aromatic carbocycles. The first kappa shape index (κ1) is 14.1. The van der Waals surface area contributed by atoms with E-state index in [0.717, 1.165) is 5.06 Å². The summed E-state index contributed by atoms with van der Waals surface area (Å²) in [7, 11) is 1.30. The van der Waals surface area contributed by atoms with Gasteiger partial charge in [0.25, 0.3) is 0 Å². The Morgan fingerprint density at radius 1 is 1.60 bits per heavy atom. The fraction of sp³-hybridized carbons (Fsp3) is 0.750. The number of nitrogens with zero attached hydrogens (tertiary/aromatic N) is 1.